The highest BCUT2D eigenvalue weighted by Crippen LogP contribution is 2.07. The van der Waals surface area contributed by atoms with E-state index >= 15 is 0 Å². The molecule has 0 spiro atoms. The Morgan fingerprint density at radius 2 is 1.86 bits per heavy atom. The van der Waals surface area contributed by atoms with Gasteiger partial charge in [0.05, 0.1) is 6.42 Å². The van der Waals surface area contributed by atoms with Crippen molar-refractivity contribution in [2.45, 2.75) is 39.0 Å². The van der Waals surface area contributed by atoms with Crippen LogP contribution in [0.25, 0.3) is 0 Å². The van der Waals surface area contributed by atoms with Gasteiger partial charge in [-0.2, -0.15) is 0 Å². The van der Waals surface area contributed by atoms with Crippen LogP contribution in [0.4, 0.5) is 0 Å². The predicted octanol–water partition coefficient (Wildman–Crippen LogP) is 1.12. The summed E-state index contributed by atoms with van der Waals surface area (Å²) >= 11 is 0. The van der Waals surface area contributed by atoms with E-state index in [2.05, 4.69) is 0 Å². The molecule has 0 bridgehead atoms. The van der Waals surface area contributed by atoms with Crippen LogP contribution in [0.1, 0.15) is 25.8 Å². The monoisotopic (exact) mass is 306 g/mol. The molecule has 0 amide bonds. The Kier molecular flexibility index (Phi) is 7.25. The molecule has 1 radical (unpaired) electrons. The van der Waals surface area contributed by atoms with E-state index in [1.165, 1.54) is 6.29 Å². The molecular formula is C16H20NO5. The van der Waals surface area contributed by atoms with E-state index < -0.39 is 24.1 Å². The molecule has 6 heteroatoms. The summed E-state index contributed by atoms with van der Waals surface area (Å²) in [6.07, 6.45) is -0.181. The zero-order chi connectivity index (χ0) is 16.5. The van der Waals surface area contributed by atoms with Gasteiger partial charge >= 0.3 is 11.9 Å². The fraction of sp³-hybridized carbons (Fsp3) is 0.438. The van der Waals surface area contributed by atoms with Gasteiger partial charge in [0.1, 0.15) is 12.6 Å². The first-order valence-corrected chi connectivity index (χ1v) is 6.97. The molecule has 2 atom stereocenters. The lowest BCUT2D eigenvalue weighted by Gasteiger charge is -2.17. The SMILES string of the molecule is CC(C)C(N)C(=O)OC([C]=O)CC(=O)OCc1ccccc1. The van der Waals surface area contributed by atoms with Crippen molar-refractivity contribution >= 4 is 18.2 Å². The average molecular weight is 306 g/mol. The molecule has 0 fully saturated rings. The first-order chi connectivity index (χ1) is 10.4. The summed E-state index contributed by atoms with van der Waals surface area (Å²) in [5.41, 5.74) is 6.43. The van der Waals surface area contributed by atoms with Gasteiger partial charge < -0.3 is 15.2 Å². The molecule has 1 aromatic rings. The van der Waals surface area contributed by atoms with E-state index in [0.717, 1.165) is 5.56 Å². The van der Waals surface area contributed by atoms with Gasteiger partial charge in [0.25, 0.3) is 0 Å². The van der Waals surface area contributed by atoms with Gasteiger partial charge in [-0.15, -0.1) is 0 Å². The van der Waals surface area contributed by atoms with Crippen molar-refractivity contribution in [1.29, 1.82) is 0 Å². The van der Waals surface area contributed by atoms with Crippen molar-refractivity contribution in [3.63, 3.8) is 0 Å². The normalized spacial score (nSPS) is 13.3. The quantitative estimate of drug-likeness (QED) is 0.723. The van der Waals surface area contributed by atoms with Crippen molar-refractivity contribution < 1.29 is 23.9 Å². The van der Waals surface area contributed by atoms with Crippen LogP contribution in [0.5, 0.6) is 0 Å². The molecule has 0 aliphatic rings. The number of carbonyl (C=O) groups excluding carboxylic acids is 3. The second-order valence-electron chi connectivity index (χ2n) is 5.16. The van der Waals surface area contributed by atoms with Gasteiger partial charge in [-0.25, -0.2) is 0 Å². The molecule has 22 heavy (non-hydrogen) atoms. The maximum absolute atomic E-state index is 11.6. The highest BCUT2D eigenvalue weighted by Gasteiger charge is 2.25. The van der Waals surface area contributed by atoms with Gasteiger partial charge in [-0.05, 0) is 11.5 Å². The summed E-state index contributed by atoms with van der Waals surface area (Å²) in [6, 6.07) is 8.24. The number of hydrogen-bond donors (Lipinski definition) is 1. The van der Waals surface area contributed by atoms with Gasteiger partial charge in [0.2, 0.25) is 6.29 Å². The summed E-state index contributed by atoms with van der Waals surface area (Å²) in [6.45, 7) is 3.59. The molecule has 0 saturated heterocycles. The van der Waals surface area contributed by atoms with Gasteiger partial charge in [0, 0.05) is 0 Å². The lowest BCUT2D eigenvalue weighted by molar-refractivity contribution is -0.154. The molecule has 2 unspecified atom stereocenters. The van der Waals surface area contributed by atoms with Crippen LogP contribution in [-0.4, -0.2) is 30.4 Å². The number of benzene rings is 1. The van der Waals surface area contributed by atoms with E-state index in [1.54, 1.807) is 26.0 Å². The topological polar surface area (TPSA) is 95.7 Å². The zero-order valence-electron chi connectivity index (χ0n) is 12.7. The molecule has 0 aromatic heterocycles. The van der Waals surface area contributed by atoms with Crippen LogP contribution in [0.2, 0.25) is 0 Å². The van der Waals surface area contributed by atoms with Crippen molar-refractivity contribution in [3.05, 3.63) is 35.9 Å². The molecule has 0 aliphatic carbocycles. The van der Waals surface area contributed by atoms with Crippen LogP contribution in [0, 0.1) is 5.92 Å². The van der Waals surface area contributed by atoms with E-state index in [9.17, 15) is 14.4 Å². The number of rotatable bonds is 8. The van der Waals surface area contributed by atoms with Gasteiger partial charge in [0.15, 0.2) is 6.10 Å². The average Bonchev–Trinajstić information content (AvgIpc) is 2.52. The standard InChI is InChI=1S/C16H20NO5/c1-11(2)15(17)16(20)22-13(9-18)8-14(19)21-10-12-6-4-3-5-7-12/h3-7,11,13,15H,8,10,17H2,1-2H3. The minimum atomic E-state index is -1.31. The van der Waals surface area contributed by atoms with Crippen molar-refractivity contribution in [3.8, 4) is 0 Å². The number of nitrogens with two attached hydrogens (primary N) is 1. The second-order valence-corrected chi connectivity index (χ2v) is 5.16. The first kappa shape index (κ1) is 17.8. The third-order valence-corrected chi connectivity index (χ3v) is 2.97. The predicted molar refractivity (Wildman–Crippen MR) is 79.2 cm³/mol. The highest BCUT2D eigenvalue weighted by atomic mass is 16.6. The van der Waals surface area contributed by atoms with Crippen molar-refractivity contribution in [2.24, 2.45) is 11.7 Å². The number of hydrogen-bond acceptors (Lipinski definition) is 6. The van der Waals surface area contributed by atoms with Gasteiger partial charge in [-0.3, -0.25) is 14.4 Å². The summed E-state index contributed by atoms with van der Waals surface area (Å²) in [5.74, 6) is -1.52. The third kappa shape index (κ3) is 6.05. The first-order valence-electron chi connectivity index (χ1n) is 6.97. The van der Waals surface area contributed by atoms with Crippen LogP contribution in [0.15, 0.2) is 30.3 Å². The number of ether oxygens (including phenoxy) is 2. The van der Waals surface area contributed by atoms with Crippen molar-refractivity contribution in [1.82, 2.24) is 0 Å². The molecule has 119 valence electrons. The van der Waals surface area contributed by atoms with Crippen molar-refractivity contribution in [2.75, 3.05) is 0 Å². The van der Waals surface area contributed by atoms with Crippen LogP contribution in [0.3, 0.4) is 0 Å². The Morgan fingerprint density at radius 1 is 1.23 bits per heavy atom. The Balaban J connectivity index is 2.43. The fourth-order valence-electron chi connectivity index (χ4n) is 1.55. The maximum Gasteiger partial charge on any atom is 0.323 e. The van der Waals surface area contributed by atoms with E-state index in [0.29, 0.717) is 0 Å². The van der Waals surface area contributed by atoms with Crippen LogP contribution < -0.4 is 5.73 Å². The third-order valence-electron chi connectivity index (χ3n) is 2.97. The molecular weight excluding hydrogens is 286 g/mol. The Labute approximate surface area is 129 Å². The van der Waals surface area contributed by atoms with E-state index in [4.69, 9.17) is 15.2 Å². The summed E-state index contributed by atoms with van der Waals surface area (Å²) < 4.78 is 9.87. The maximum atomic E-state index is 11.6. The van der Waals surface area contributed by atoms with Crippen LogP contribution in [-0.2, 0) is 30.5 Å². The zero-order valence-corrected chi connectivity index (χ0v) is 12.7. The Bertz CT molecular complexity index is 501. The van der Waals surface area contributed by atoms with Gasteiger partial charge in [-0.1, -0.05) is 44.2 Å². The molecule has 2 N–H and O–H groups in total. The molecule has 0 heterocycles. The summed E-state index contributed by atoms with van der Waals surface area (Å²) in [5, 5.41) is 0. The van der Waals surface area contributed by atoms with E-state index in [-0.39, 0.29) is 18.9 Å². The minimum absolute atomic E-state index is 0.0880. The fourth-order valence-corrected chi connectivity index (χ4v) is 1.55. The number of esters is 2. The lowest BCUT2D eigenvalue weighted by atomic mass is 10.1. The summed E-state index contributed by atoms with van der Waals surface area (Å²) in [7, 11) is 0. The smallest absolute Gasteiger partial charge is 0.323 e. The Morgan fingerprint density at radius 3 is 2.41 bits per heavy atom. The Hall–Kier alpha value is -2.21. The second kappa shape index (κ2) is 8.94. The lowest BCUT2D eigenvalue weighted by Crippen LogP contribution is -2.39. The largest absolute Gasteiger partial charge is 0.461 e. The molecule has 0 saturated carbocycles. The molecule has 0 aliphatic heterocycles. The minimum Gasteiger partial charge on any atom is -0.461 e. The number of carbonyl (C=O) groups is 2. The summed E-state index contributed by atoms with van der Waals surface area (Å²) in [4.78, 5) is 34.1. The highest BCUT2D eigenvalue weighted by molar-refractivity contribution is 5.80. The molecule has 1 aromatic carbocycles. The molecule has 6 nitrogen and oxygen atoms in total. The molecule has 1 rings (SSSR count). The van der Waals surface area contributed by atoms with E-state index in [1.807, 2.05) is 18.2 Å². The van der Waals surface area contributed by atoms with Crippen LogP contribution >= 0.6 is 0 Å².